The maximum atomic E-state index is 14.3. The van der Waals surface area contributed by atoms with Crippen LogP contribution >= 0.6 is 0 Å². The molecule has 1 N–H and O–H groups in total. The van der Waals surface area contributed by atoms with Gasteiger partial charge in [0.15, 0.2) is 0 Å². The number of nitrogens with one attached hydrogen (secondary N) is 1. The average molecular weight is 602 g/mol. The first-order valence-corrected chi connectivity index (χ1v) is 15.1. The minimum absolute atomic E-state index is 0.258. The van der Waals surface area contributed by atoms with E-state index in [0.29, 0.717) is 12.0 Å². The molecule has 0 aromatic heterocycles. The van der Waals surface area contributed by atoms with Gasteiger partial charge in [0, 0.05) is 25.1 Å². The van der Waals surface area contributed by atoms with Crippen molar-refractivity contribution in [1.29, 1.82) is 0 Å². The summed E-state index contributed by atoms with van der Waals surface area (Å²) in [7, 11) is 3.23. The van der Waals surface area contributed by atoms with Gasteiger partial charge in [-0.2, -0.15) is 0 Å². The summed E-state index contributed by atoms with van der Waals surface area (Å²) in [5.74, 6) is -1.21. The smallest absolute Gasteiger partial charge is 0.410 e. The lowest BCUT2D eigenvalue weighted by Crippen LogP contribution is -2.63. The van der Waals surface area contributed by atoms with Crippen LogP contribution < -0.4 is 5.32 Å². The van der Waals surface area contributed by atoms with E-state index in [1.54, 1.807) is 59.7 Å². The van der Waals surface area contributed by atoms with Gasteiger partial charge in [0.25, 0.3) is 0 Å². The van der Waals surface area contributed by atoms with E-state index < -0.39 is 46.5 Å². The van der Waals surface area contributed by atoms with Crippen LogP contribution in [-0.2, 0) is 29.3 Å². The largest absolute Gasteiger partial charge is 0.463 e. The van der Waals surface area contributed by atoms with Crippen LogP contribution in [0.15, 0.2) is 42.0 Å². The van der Waals surface area contributed by atoms with Crippen LogP contribution in [-0.4, -0.2) is 78.1 Å². The van der Waals surface area contributed by atoms with E-state index in [4.69, 9.17) is 9.47 Å². The summed E-state index contributed by atoms with van der Waals surface area (Å²) in [6, 6.07) is 7.16. The van der Waals surface area contributed by atoms with Gasteiger partial charge in [-0.1, -0.05) is 84.4 Å². The van der Waals surface area contributed by atoms with Crippen LogP contribution in [0.5, 0.6) is 0 Å². The molecule has 242 valence electrons. The Morgan fingerprint density at radius 1 is 0.907 bits per heavy atom. The van der Waals surface area contributed by atoms with E-state index in [1.165, 1.54) is 4.90 Å². The number of ether oxygens (including phenoxy) is 2. The van der Waals surface area contributed by atoms with Gasteiger partial charge >= 0.3 is 12.1 Å². The zero-order chi connectivity index (χ0) is 33.3. The molecule has 0 saturated carbocycles. The van der Waals surface area contributed by atoms with Gasteiger partial charge in [-0.25, -0.2) is 9.59 Å². The van der Waals surface area contributed by atoms with Gasteiger partial charge in [0.1, 0.15) is 17.7 Å². The normalized spacial score (nSPS) is 14.7. The Balaban J connectivity index is 3.56. The quantitative estimate of drug-likeness (QED) is 0.237. The molecule has 0 radical (unpaired) electrons. The van der Waals surface area contributed by atoms with Crippen LogP contribution in [0, 0.1) is 5.41 Å². The van der Waals surface area contributed by atoms with Crippen molar-refractivity contribution in [3.05, 3.63) is 47.5 Å². The fourth-order valence-electron chi connectivity index (χ4n) is 4.98. The number of likely N-dealkylation sites (N-methyl/N-ethyl adjacent to an activating group) is 2. The SMILES string of the molecule is CCC[C@@H](/C=C(\C)C(=O)OCC)N(C)C(=O)[C@@H](NC(=O)C(N(C)C(=O)OC(C)(C)C)C(C)(C)c1ccccc1)C(C)(C)C. The van der Waals surface area contributed by atoms with Gasteiger partial charge < -0.3 is 19.7 Å². The second-order valence-corrected chi connectivity index (χ2v) is 13.8. The summed E-state index contributed by atoms with van der Waals surface area (Å²) in [5.41, 5.74) is -1.02. The number of rotatable bonds is 12. The van der Waals surface area contributed by atoms with Crippen molar-refractivity contribution in [2.24, 2.45) is 5.41 Å². The number of nitrogens with zero attached hydrogens (tertiary/aromatic N) is 2. The van der Waals surface area contributed by atoms with Crippen molar-refractivity contribution >= 4 is 23.9 Å². The second-order valence-electron chi connectivity index (χ2n) is 13.8. The number of hydrogen-bond donors (Lipinski definition) is 1. The molecule has 3 amide bonds. The zero-order valence-electron chi connectivity index (χ0n) is 28.7. The third-order valence-corrected chi connectivity index (χ3v) is 7.39. The molecule has 3 atom stereocenters. The predicted molar refractivity (Wildman–Crippen MR) is 170 cm³/mol. The molecular weight excluding hydrogens is 546 g/mol. The minimum atomic E-state index is -1.01. The standard InChI is InChI=1S/C34H55N3O6/c1-14-19-25(22-23(3)30(40)42-15-2)36(12)29(39)26(32(4,5)6)35-28(38)27(37(13)31(41)43-33(7,8)9)34(10,11)24-20-17-16-18-21-24/h16-18,20-22,25-27H,14-15,19H2,1-13H3,(H,35,38)/b23-22+/t25-,26+,27?/m0/s1. The van der Waals surface area contributed by atoms with Gasteiger partial charge in [-0.15, -0.1) is 0 Å². The predicted octanol–water partition coefficient (Wildman–Crippen LogP) is 5.87. The molecule has 9 nitrogen and oxygen atoms in total. The van der Waals surface area contributed by atoms with Crippen LogP contribution in [0.2, 0.25) is 0 Å². The maximum Gasteiger partial charge on any atom is 0.410 e. The third kappa shape index (κ3) is 10.7. The molecule has 43 heavy (non-hydrogen) atoms. The fourth-order valence-corrected chi connectivity index (χ4v) is 4.98. The van der Waals surface area contributed by atoms with E-state index in [0.717, 1.165) is 12.0 Å². The van der Waals surface area contributed by atoms with Crippen LogP contribution in [0.1, 0.15) is 94.6 Å². The highest BCUT2D eigenvalue weighted by Gasteiger charge is 2.45. The highest BCUT2D eigenvalue weighted by Crippen LogP contribution is 2.32. The molecule has 0 heterocycles. The van der Waals surface area contributed by atoms with Gasteiger partial charge in [0.05, 0.1) is 12.6 Å². The summed E-state index contributed by atoms with van der Waals surface area (Å²) in [6.45, 7) is 20.4. The molecule has 0 aliphatic rings. The molecule has 0 fully saturated rings. The van der Waals surface area contributed by atoms with Gasteiger partial charge in [-0.3, -0.25) is 14.5 Å². The molecule has 0 bridgehead atoms. The van der Waals surface area contributed by atoms with Crippen molar-refractivity contribution in [3.63, 3.8) is 0 Å². The summed E-state index contributed by atoms with van der Waals surface area (Å²) >= 11 is 0. The summed E-state index contributed by atoms with van der Waals surface area (Å²) < 4.78 is 10.8. The molecule has 9 heteroatoms. The summed E-state index contributed by atoms with van der Waals surface area (Å²) in [6.07, 6.45) is 2.50. The first kappa shape index (κ1) is 37.7. The third-order valence-electron chi connectivity index (χ3n) is 7.39. The van der Waals surface area contributed by atoms with E-state index >= 15 is 0 Å². The van der Waals surface area contributed by atoms with Crippen molar-refractivity contribution in [2.45, 2.75) is 118 Å². The number of esters is 1. The lowest BCUT2D eigenvalue weighted by Gasteiger charge is -2.42. The highest BCUT2D eigenvalue weighted by atomic mass is 16.6. The van der Waals surface area contributed by atoms with E-state index in [9.17, 15) is 19.2 Å². The number of amides is 3. The fraction of sp³-hybridized carbons (Fsp3) is 0.647. The Labute approximate surface area is 259 Å². The summed E-state index contributed by atoms with van der Waals surface area (Å²) in [4.78, 5) is 56.9. The van der Waals surface area contributed by atoms with Crippen molar-refractivity contribution in [1.82, 2.24) is 15.1 Å². The number of benzene rings is 1. The maximum absolute atomic E-state index is 14.3. The van der Waals surface area contributed by atoms with Crippen molar-refractivity contribution in [2.75, 3.05) is 20.7 Å². The Hall–Kier alpha value is -3.36. The first-order valence-electron chi connectivity index (χ1n) is 15.1. The number of carbonyl (C=O) groups excluding carboxylic acids is 4. The van der Waals surface area contributed by atoms with Crippen LogP contribution in [0.4, 0.5) is 4.79 Å². The number of carbonyl (C=O) groups is 4. The Morgan fingerprint density at radius 3 is 1.93 bits per heavy atom. The topological polar surface area (TPSA) is 105 Å². The van der Waals surface area contributed by atoms with Crippen molar-refractivity contribution in [3.8, 4) is 0 Å². The molecule has 0 aliphatic carbocycles. The summed E-state index contributed by atoms with van der Waals surface area (Å²) in [5, 5.41) is 3.01. The van der Waals surface area contributed by atoms with Crippen LogP contribution in [0.3, 0.4) is 0 Å². The molecule has 0 saturated heterocycles. The minimum Gasteiger partial charge on any atom is -0.463 e. The molecule has 1 aromatic carbocycles. The van der Waals surface area contributed by atoms with Crippen molar-refractivity contribution < 1.29 is 28.7 Å². The van der Waals surface area contributed by atoms with Crippen LogP contribution in [0.25, 0.3) is 0 Å². The Morgan fingerprint density at radius 2 is 1.47 bits per heavy atom. The monoisotopic (exact) mass is 601 g/mol. The molecule has 1 rings (SSSR count). The van der Waals surface area contributed by atoms with E-state index in [2.05, 4.69) is 5.32 Å². The van der Waals surface area contributed by atoms with E-state index in [1.807, 2.05) is 71.9 Å². The molecule has 0 spiro atoms. The lowest BCUT2D eigenvalue weighted by molar-refractivity contribution is -0.141. The lowest BCUT2D eigenvalue weighted by atomic mass is 9.76. The molecule has 1 unspecified atom stereocenters. The first-order chi connectivity index (χ1) is 19.7. The Bertz CT molecular complexity index is 1130. The number of hydrogen-bond acceptors (Lipinski definition) is 6. The Kier molecular flexibility index (Phi) is 13.5. The average Bonchev–Trinajstić information content (AvgIpc) is 2.89. The molecule has 1 aromatic rings. The highest BCUT2D eigenvalue weighted by molar-refractivity contribution is 5.93. The van der Waals surface area contributed by atoms with Gasteiger partial charge in [0.2, 0.25) is 11.8 Å². The molecule has 0 aliphatic heterocycles. The zero-order valence-corrected chi connectivity index (χ0v) is 28.7. The van der Waals surface area contributed by atoms with Gasteiger partial charge in [-0.05, 0) is 52.0 Å². The van der Waals surface area contributed by atoms with E-state index in [-0.39, 0.29) is 18.6 Å². The second kappa shape index (κ2) is 15.4. The molecular formula is C34H55N3O6.